The van der Waals surface area contributed by atoms with E-state index < -0.39 is 31.8 Å². The zero-order chi connectivity index (χ0) is 29.8. The Morgan fingerprint density at radius 2 is 1.81 bits per heavy atom. The van der Waals surface area contributed by atoms with Gasteiger partial charge < -0.3 is 19.9 Å². The summed E-state index contributed by atoms with van der Waals surface area (Å²) in [6.07, 6.45) is 2.75. The minimum absolute atomic E-state index is 0.0108. The SMILES string of the molecule is CNS(=O)(=O)c1cccc(OC[C@@H](O)CNC2COC3(CCN(S(=O)(=O)c4cccc(-c5ccccn5)c4)CC3)C2)c1. The Morgan fingerprint density at radius 3 is 2.55 bits per heavy atom. The average molecular weight is 617 g/mol. The number of aliphatic hydroxyl groups is 1. The lowest BCUT2D eigenvalue weighted by Crippen LogP contribution is -2.47. The number of piperidine rings is 1. The van der Waals surface area contributed by atoms with E-state index in [0.29, 0.717) is 44.7 Å². The van der Waals surface area contributed by atoms with Crippen LogP contribution in [-0.2, 0) is 24.8 Å². The molecule has 0 aliphatic carbocycles. The Labute approximate surface area is 247 Å². The van der Waals surface area contributed by atoms with Crippen molar-refractivity contribution in [1.82, 2.24) is 19.3 Å². The number of hydrogen-bond acceptors (Lipinski definition) is 9. The monoisotopic (exact) mass is 616 g/mol. The number of nitrogens with zero attached hydrogens (tertiary/aromatic N) is 2. The molecule has 0 saturated carbocycles. The Bertz CT molecular complexity index is 1580. The molecule has 42 heavy (non-hydrogen) atoms. The van der Waals surface area contributed by atoms with E-state index >= 15 is 0 Å². The molecule has 1 unspecified atom stereocenters. The largest absolute Gasteiger partial charge is 0.491 e. The van der Waals surface area contributed by atoms with Gasteiger partial charge in [0.2, 0.25) is 20.0 Å². The summed E-state index contributed by atoms with van der Waals surface area (Å²) in [5, 5.41) is 13.8. The standard InChI is InChI=1S/C29H36N4O7S2/c1-30-41(35,36)26-8-5-7-25(17-26)39-21-24(34)19-32-23-18-29(40-20-23)11-14-33(15-12-29)42(37,38)27-9-4-6-22(16-27)28-10-2-3-13-31-28/h2-10,13,16-17,23-24,30,32,34H,11-12,14-15,18-21H2,1H3/t23?,24-/m0/s1. The van der Waals surface area contributed by atoms with E-state index in [1.54, 1.807) is 36.5 Å². The molecular weight excluding hydrogens is 580 g/mol. The number of hydrogen-bond donors (Lipinski definition) is 3. The first-order valence-corrected chi connectivity index (χ1v) is 16.8. The maximum atomic E-state index is 13.4. The van der Waals surface area contributed by atoms with Crippen molar-refractivity contribution in [3.8, 4) is 17.0 Å². The molecule has 11 nitrogen and oxygen atoms in total. The highest BCUT2D eigenvalue weighted by molar-refractivity contribution is 7.89. The molecule has 0 amide bonds. The molecule has 0 radical (unpaired) electrons. The van der Waals surface area contributed by atoms with E-state index in [1.807, 2.05) is 24.3 Å². The Balaban J connectivity index is 1.10. The molecule has 2 fully saturated rings. The molecule has 13 heteroatoms. The van der Waals surface area contributed by atoms with Crippen LogP contribution in [0.3, 0.4) is 0 Å². The first kappa shape index (κ1) is 30.5. The van der Waals surface area contributed by atoms with Crippen LogP contribution in [0.1, 0.15) is 19.3 Å². The Kier molecular flexibility index (Phi) is 9.28. The average Bonchev–Trinajstić information content (AvgIpc) is 3.41. The predicted molar refractivity (Wildman–Crippen MR) is 157 cm³/mol. The van der Waals surface area contributed by atoms with Gasteiger partial charge in [0.25, 0.3) is 0 Å². The van der Waals surface area contributed by atoms with Crippen molar-refractivity contribution in [3.63, 3.8) is 0 Å². The summed E-state index contributed by atoms with van der Waals surface area (Å²) in [5.41, 5.74) is 1.07. The fourth-order valence-corrected chi connectivity index (χ4v) is 7.61. The molecule has 3 heterocycles. The molecule has 3 N–H and O–H groups in total. The maximum Gasteiger partial charge on any atom is 0.243 e. The third-order valence-corrected chi connectivity index (χ3v) is 11.1. The zero-order valence-corrected chi connectivity index (χ0v) is 25.0. The van der Waals surface area contributed by atoms with Gasteiger partial charge in [0.05, 0.1) is 27.7 Å². The molecule has 3 aromatic rings. The quantitative estimate of drug-likeness (QED) is 0.294. The fraction of sp³-hybridized carbons (Fsp3) is 0.414. The number of aromatic nitrogens is 1. The molecule has 0 bridgehead atoms. The lowest BCUT2D eigenvalue weighted by Gasteiger charge is -2.38. The van der Waals surface area contributed by atoms with Gasteiger partial charge in [-0.3, -0.25) is 4.98 Å². The fourth-order valence-electron chi connectivity index (χ4n) is 5.36. The van der Waals surface area contributed by atoms with Gasteiger partial charge in [-0.05, 0) is 62.7 Å². The smallest absolute Gasteiger partial charge is 0.243 e. The molecule has 1 spiro atoms. The molecule has 2 aromatic carbocycles. The van der Waals surface area contributed by atoms with E-state index in [2.05, 4.69) is 15.0 Å². The van der Waals surface area contributed by atoms with Crippen molar-refractivity contribution in [2.75, 3.05) is 39.9 Å². The van der Waals surface area contributed by atoms with Crippen LogP contribution in [0.4, 0.5) is 0 Å². The number of rotatable bonds is 11. The van der Waals surface area contributed by atoms with Crippen LogP contribution < -0.4 is 14.8 Å². The van der Waals surface area contributed by atoms with Gasteiger partial charge in [-0.1, -0.05) is 24.3 Å². The van der Waals surface area contributed by atoms with Gasteiger partial charge in [-0.25, -0.2) is 21.6 Å². The van der Waals surface area contributed by atoms with Crippen LogP contribution in [0, 0.1) is 0 Å². The zero-order valence-electron chi connectivity index (χ0n) is 23.3. The van der Waals surface area contributed by atoms with Crippen molar-refractivity contribution < 1.29 is 31.4 Å². The second-order valence-electron chi connectivity index (χ2n) is 10.6. The summed E-state index contributed by atoms with van der Waals surface area (Å²) < 4.78 is 66.4. The number of nitrogens with one attached hydrogen (secondary N) is 2. The Morgan fingerprint density at radius 1 is 1.05 bits per heavy atom. The number of benzene rings is 2. The second kappa shape index (κ2) is 12.8. The molecular formula is C29H36N4O7S2. The summed E-state index contributed by atoms with van der Waals surface area (Å²) in [4.78, 5) is 4.66. The predicted octanol–water partition coefficient (Wildman–Crippen LogP) is 2.00. The number of aliphatic hydroxyl groups excluding tert-OH is 1. The summed E-state index contributed by atoms with van der Waals surface area (Å²) in [5.74, 6) is 0.346. The first-order valence-electron chi connectivity index (χ1n) is 13.8. The minimum atomic E-state index is -3.67. The van der Waals surface area contributed by atoms with Crippen LogP contribution in [-0.4, -0.2) is 88.9 Å². The summed E-state index contributed by atoms with van der Waals surface area (Å²) in [7, 11) is -5.92. The van der Waals surface area contributed by atoms with Gasteiger partial charge in [-0.2, -0.15) is 4.31 Å². The summed E-state index contributed by atoms with van der Waals surface area (Å²) in [6.45, 7) is 1.45. The highest BCUT2D eigenvalue weighted by atomic mass is 32.2. The maximum absolute atomic E-state index is 13.4. The molecule has 2 aliphatic heterocycles. The van der Waals surface area contributed by atoms with Crippen molar-refractivity contribution in [1.29, 1.82) is 0 Å². The normalized spacial score (nSPS) is 20.0. The highest BCUT2D eigenvalue weighted by Crippen LogP contribution is 2.37. The van der Waals surface area contributed by atoms with Crippen molar-refractivity contribution in [2.24, 2.45) is 0 Å². The number of sulfonamides is 2. The lowest BCUT2D eigenvalue weighted by molar-refractivity contribution is -0.0312. The molecule has 1 aromatic heterocycles. The number of ether oxygens (including phenoxy) is 2. The van der Waals surface area contributed by atoms with Crippen LogP contribution >= 0.6 is 0 Å². The van der Waals surface area contributed by atoms with Gasteiger partial charge >= 0.3 is 0 Å². The van der Waals surface area contributed by atoms with Crippen molar-refractivity contribution in [2.45, 2.75) is 46.8 Å². The molecule has 2 saturated heterocycles. The minimum Gasteiger partial charge on any atom is -0.491 e. The third kappa shape index (κ3) is 7.00. The van der Waals surface area contributed by atoms with Gasteiger partial charge in [0.1, 0.15) is 18.5 Å². The Hall–Kier alpha value is -2.91. The van der Waals surface area contributed by atoms with Crippen molar-refractivity contribution >= 4 is 20.0 Å². The molecule has 226 valence electrons. The van der Waals surface area contributed by atoms with Gasteiger partial charge in [0.15, 0.2) is 0 Å². The van der Waals surface area contributed by atoms with Crippen molar-refractivity contribution in [3.05, 3.63) is 72.9 Å². The molecule has 5 rings (SSSR count). The third-order valence-electron chi connectivity index (χ3n) is 7.74. The van der Waals surface area contributed by atoms with E-state index in [1.165, 1.54) is 23.5 Å². The molecule has 2 aliphatic rings. The lowest BCUT2D eigenvalue weighted by atomic mass is 9.88. The second-order valence-corrected chi connectivity index (χ2v) is 14.4. The summed E-state index contributed by atoms with van der Waals surface area (Å²) in [6, 6.07) is 18.5. The van der Waals surface area contributed by atoms with Crippen LogP contribution in [0.25, 0.3) is 11.3 Å². The van der Waals surface area contributed by atoms with Gasteiger partial charge in [0, 0.05) is 43.5 Å². The van der Waals surface area contributed by atoms with Crippen LogP contribution in [0.5, 0.6) is 5.75 Å². The van der Waals surface area contributed by atoms with E-state index in [-0.39, 0.29) is 29.0 Å². The van der Waals surface area contributed by atoms with Crippen LogP contribution in [0.15, 0.2) is 82.7 Å². The van der Waals surface area contributed by atoms with Gasteiger partial charge in [-0.15, -0.1) is 0 Å². The summed E-state index contributed by atoms with van der Waals surface area (Å²) >= 11 is 0. The van der Waals surface area contributed by atoms with Crippen LogP contribution in [0.2, 0.25) is 0 Å². The topological polar surface area (TPSA) is 147 Å². The number of pyridine rings is 1. The van der Waals surface area contributed by atoms with E-state index in [4.69, 9.17) is 9.47 Å². The van der Waals surface area contributed by atoms with E-state index in [0.717, 1.165) is 11.3 Å². The highest BCUT2D eigenvalue weighted by Gasteiger charge is 2.44. The first-order chi connectivity index (χ1) is 20.1. The van der Waals surface area contributed by atoms with E-state index in [9.17, 15) is 21.9 Å². The molecule has 2 atom stereocenters.